The lowest BCUT2D eigenvalue weighted by Gasteiger charge is -2.13. The molecule has 2 aromatic carbocycles. The van der Waals surface area contributed by atoms with Crippen molar-refractivity contribution in [2.45, 2.75) is 6.18 Å². The van der Waals surface area contributed by atoms with E-state index in [-0.39, 0.29) is 17.1 Å². The standard InChI is InChI=1S/C19H12F5N3O3/c1-30-15-9-16(28)27(12-5-2-10(20)3-6-12)26-17(15)18(29)25-11-4-7-14(21)13(8-11)19(22,23)24/h2-9H,1H3,(H,25,29). The van der Waals surface area contributed by atoms with Crippen molar-refractivity contribution in [3.05, 3.63) is 81.8 Å². The molecule has 3 rings (SSSR count). The first-order valence-corrected chi connectivity index (χ1v) is 8.22. The second kappa shape index (κ2) is 7.93. The fraction of sp³-hybridized carbons (Fsp3) is 0.105. The molecule has 0 saturated heterocycles. The molecule has 0 radical (unpaired) electrons. The smallest absolute Gasteiger partial charge is 0.419 e. The van der Waals surface area contributed by atoms with Crippen LogP contribution in [0.25, 0.3) is 5.69 Å². The van der Waals surface area contributed by atoms with Crippen LogP contribution in [-0.4, -0.2) is 22.8 Å². The molecule has 0 aliphatic carbocycles. The molecule has 1 N–H and O–H groups in total. The number of amides is 1. The molecule has 6 nitrogen and oxygen atoms in total. The summed E-state index contributed by atoms with van der Waals surface area (Å²) < 4.78 is 70.9. The minimum atomic E-state index is -4.96. The summed E-state index contributed by atoms with van der Waals surface area (Å²) >= 11 is 0. The minimum Gasteiger partial charge on any atom is -0.494 e. The van der Waals surface area contributed by atoms with Crippen LogP contribution >= 0.6 is 0 Å². The van der Waals surface area contributed by atoms with Crippen LogP contribution in [0.2, 0.25) is 0 Å². The van der Waals surface area contributed by atoms with Crippen LogP contribution in [-0.2, 0) is 6.18 Å². The number of benzene rings is 2. The van der Waals surface area contributed by atoms with Crippen molar-refractivity contribution >= 4 is 11.6 Å². The molecule has 0 spiro atoms. The summed E-state index contributed by atoms with van der Waals surface area (Å²) in [4.78, 5) is 24.8. The normalized spacial score (nSPS) is 11.3. The quantitative estimate of drug-likeness (QED) is 0.646. The maximum atomic E-state index is 13.4. The number of carbonyl (C=O) groups excluding carboxylic acids is 1. The average molecular weight is 425 g/mol. The van der Waals surface area contributed by atoms with Crippen LogP contribution in [0.4, 0.5) is 27.6 Å². The number of aromatic nitrogens is 2. The van der Waals surface area contributed by atoms with Gasteiger partial charge in [0, 0.05) is 5.69 Å². The number of nitrogens with zero attached hydrogens (tertiary/aromatic N) is 2. The molecule has 0 atom stereocenters. The topological polar surface area (TPSA) is 73.2 Å². The van der Waals surface area contributed by atoms with Gasteiger partial charge in [0.05, 0.1) is 24.4 Å². The molecule has 0 saturated carbocycles. The van der Waals surface area contributed by atoms with Gasteiger partial charge in [-0.3, -0.25) is 9.59 Å². The molecule has 11 heteroatoms. The number of nitrogens with one attached hydrogen (secondary N) is 1. The summed E-state index contributed by atoms with van der Waals surface area (Å²) in [5.41, 5.74) is -2.90. The number of anilines is 1. The second-order valence-electron chi connectivity index (χ2n) is 5.93. The summed E-state index contributed by atoms with van der Waals surface area (Å²) in [7, 11) is 1.16. The van der Waals surface area contributed by atoms with E-state index in [9.17, 15) is 31.5 Å². The summed E-state index contributed by atoms with van der Waals surface area (Å²) in [6.07, 6.45) is -4.96. The Morgan fingerprint density at radius 2 is 1.73 bits per heavy atom. The Labute approximate surface area is 165 Å². The van der Waals surface area contributed by atoms with Gasteiger partial charge in [-0.05, 0) is 42.5 Å². The average Bonchev–Trinajstić information content (AvgIpc) is 2.69. The van der Waals surface area contributed by atoms with E-state index in [0.717, 1.165) is 36.1 Å². The summed E-state index contributed by atoms with van der Waals surface area (Å²) in [5, 5.41) is 6.03. The van der Waals surface area contributed by atoms with E-state index in [1.165, 1.54) is 12.1 Å². The van der Waals surface area contributed by atoms with Crippen molar-refractivity contribution in [1.29, 1.82) is 0 Å². The van der Waals surface area contributed by atoms with Gasteiger partial charge in [0.1, 0.15) is 11.6 Å². The highest BCUT2D eigenvalue weighted by Gasteiger charge is 2.34. The molecule has 3 aromatic rings. The van der Waals surface area contributed by atoms with Gasteiger partial charge in [-0.15, -0.1) is 0 Å². The van der Waals surface area contributed by atoms with Crippen LogP contribution in [0.3, 0.4) is 0 Å². The lowest BCUT2D eigenvalue weighted by molar-refractivity contribution is -0.139. The number of ether oxygens (including phenoxy) is 1. The first-order valence-electron chi connectivity index (χ1n) is 8.22. The molecule has 0 aliphatic rings. The van der Waals surface area contributed by atoms with E-state index in [0.29, 0.717) is 12.1 Å². The molecule has 0 aliphatic heterocycles. The zero-order valence-corrected chi connectivity index (χ0v) is 15.1. The van der Waals surface area contributed by atoms with E-state index in [1.807, 2.05) is 0 Å². The Morgan fingerprint density at radius 1 is 1.07 bits per heavy atom. The van der Waals surface area contributed by atoms with Crippen LogP contribution in [0, 0.1) is 11.6 Å². The first kappa shape index (κ1) is 21.0. The third-order valence-corrected chi connectivity index (χ3v) is 3.93. The van der Waals surface area contributed by atoms with Crippen molar-refractivity contribution in [3.8, 4) is 11.4 Å². The Balaban J connectivity index is 2.01. The summed E-state index contributed by atoms with van der Waals surface area (Å²) in [6.45, 7) is 0. The van der Waals surface area contributed by atoms with Crippen molar-refractivity contribution in [2.75, 3.05) is 12.4 Å². The van der Waals surface area contributed by atoms with Gasteiger partial charge in [0.2, 0.25) is 0 Å². The molecule has 0 bridgehead atoms. The van der Waals surface area contributed by atoms with Gasteiger partial charge in [-0.2, -0.15) is 23.0 Å². The van der Waals surface area contributed by atoms with Gasteiger partial charge in [0.15, 0.2) is 11.4 Å². The van der Waals surface area contributed by atoms with Gasteiger partial charge in [0.25, 0.3) is 11.5 Å². The summed E-state index contributed by atoms with van der Waals surface area (Å²) in [5.74, 6) is -3.31. The molecule has 30 heavy (non-hydrogen) atoms. The Bertz CT molecular complexity index is 1160. The number of carbonyl (C=O) groups is 1. The van der Waals surface area contributed by atoms with E-state index >= 15 is 0 Å². The number of halogens is 5. The third-order valence-electron chi connectivity index (χ3n) is 3.93. The molecule has 1 amide bonds. The molecule has 0 fully saturated rings. The van der Waals surface area contributed by atoms with Gasteiger partial charge in [-0.25, -0.2) is 8.78 Å². The number of hydrogen-bond donors (Lipinski definition) is 1. The molecule has 1 heterocycles. The molecule has 0 unspecified atom stereocenters. The lowest BCUT2D eigenvalue weighted by Crippen LogP contribution is -2.26. The Kier molecular flexibility index (Phi) is 5.54. The fourth-order valence-corrected chi connectivity index (χ4v) is 2.53. The van der Waals surface area contributed by atoms with Gasteiger partial charge < -0.3 is 10.1 Å². The molecule has 156 valence electrons. The highest BCUT2D eigenvalue weighted by molar-refractivity contribution is 6.04. The van der Waals surface area contributed by atoms with Crippen LogP contribution in [0.5, 0.6) is 5.75 Å². The molecular weight excluding hydrogens is 413 g/mol. The SMILES string of the molecule is COc1cc(=O)n(-c2ccc(F)cc2)nc1C(=O)Nc1ccc(F)c(C(F)(F)F)c1. The monoisotopic (exact) mass is 425 g/mol. The van der Waals surface area contributed by atoms with E-state index < -0.39 is 40.5 Å². The maximum absolute atomic E-state index is 13.4. The molecule has 1 aromatic heterocycles. The lowest BCUT2D eigenvalue weighted by atomic mass is 10.1. The predicted octanol–water partition coefficient (Wildman–Crippen LogP) is 3.79. The summed E-state index contributed by atoms with van der Waals surface area (Å²) in [6, 6.07) is 7.50. The largest absolute Gasteiger partial charge is 0.494 e. The van der Waals surface area contributed by atoms with Crippen molar-refractivity contribution < 1.29 is 31.5 Å². The van der Waals surface area contributed by atoms with Crippen molar-refractivity contribution in [1.82, 2.24) is 9.78 Å². The van der Waals surface area contributed by atoms with Gasteiger partial charge >= 0.3 is 6.18 Å². The maximum Gasteiger partial charge on any atom is 0.419 e. The highest BCUT2D eigenvalue weighted by atomic mass is 19.4. The fourth-order valence-electron chi connectivity index (χ4n) is 2.53. The zero-order valence-electron chi connectivity index (χ0n) is 15.1. The minimum absolute atomic E-state index is 0.138. The predicted molar refractivity (Wildman–Crippen MR) is 95.7 cm³/mol. The van der Waals surface area contributed by atoms with Crippen LogP contribution in [0.1, 0.15) is 16.1 Å². The molecular formula is C19H12F5N3O3. The van der Waals surface area contributed by atoms with Gasteiger partial charge in [-0.1, -0.05) is 0 Å². The second-order valence-corrected chi connectivity index (χ2v) is 5.93. The number of methoxy groups -OCH3 is 1. The van der Waals surface area contributed by atoms with Crippen LogP contribution in [0.15, 0.2) is 53.3 Å². The zero-order chi connectivity index (χ0) is 22.1. The first-order chi connectivity index (χ1) is 14.1. The van der Waals surface area contributed by atoms with Crippen molar-refractivity contribution in [2.24, 2.45) is 0 Å². The number of rotatable bonds is 4. The number of hydrogen-bond acceptors (Lipinski definition) is 4. The van der Waals surface area contributed by atoms with Crippen molar-refractivity contribution in [3.63, 3.8) is 0 Å². The van der Waals surface area contributed by atoms with E-state index in [1.54, 1.807) is 0 Å². The van der Waals surface area contributed by atoms with E-state index in [2.05, 4.69) is 10.4 Å². The van der Waals surface area contributed by atoms with E-state index in [4.69, 9.17) is 4.74 Å². The number of alkyl halides is 3. The highest BCUT2D eigenvalue weighted by Crippen LogP contribution is 2.33. The Hall–Kier alpha value is -3.76. The Morgan fingerprint density at radius 3 is 2.33 bits per heavy atom. The van der Waals surface area contributed by atoms with Crippen LogP contribution < -0.4 is 15.6 Å². The third kappa shape index (κ3) is 4.29.